The molecule has 0 aliphatic carbocycles. The van der Waals surface area contributed by atoms with E-state index in [4.69, 9.17) is 4.74 Å². The topological polar surface area (TPSA) is 38.3 Å². The molecule has 3 nitrogen and oxygen atoms in total. The van der Waals surface area contributed by atoms with Gasteiger partial charge in [0, 0.05) is 19.1 Å². The highest BCUT2D eigenvalue weighted by Gasteiger charge is 2.08. The quantitative estimate of drug-likeness (QED) is 0.600. The van der Waals surface area contributed by atoms with Crippen LogP contribution < -0.4 is 5.32 Å². The third-order valence-corrected chi connectivity index (χ3v) is 2.50. The molecule has 0 aliphatic rings. The molecule has 0 saturated heterocycles. The Morgan fingerprint density at radius 1 is 1.27 bits per heavy atom. The Morgan fingerprint density at radius 3 is 2.60 bits per heavy atom. The monoisotopic (exact) mass is 215 g/mol. The minimum absolute atomic E-state index is 0.116. The molecule has 0 saturated carbocycles. The Labute approximate surface area is 93.6 Å². The van der Waals surface area contributed by atoms with Crippen LogP contribution in [0, 0.1) is 5.92 Å². The summed E-state index contributed by atoms with van der Waals surface area (Å²) in [6, 6.07) is 0. The van der Waals surface area contributed by atoms with E-state index >= 15 is 0 Å². The molecule has 1 N–H and O–H groups in total. The molecule has 0 fully saturated rings. The number of hydrogen-bond donors (Lipinski definition) is 1. The Bertz CT molecular complexity index is 160. The van der Waals surface area contributed by atoms with Gasteiger partial charge >= 0.3 is 0 Å². The van der Waals surface area contributed by atoms with E-state index in [-0.39, 0.29) is 11.8 Å². The summed E-state index contributed by atoms with van der Waals surface area (Å²) < 4.78 is 5.38. The standard InChI is InChI=1S/C12H25NO2/c1-4-6-7-9-15-10-8-13-12(14)11(3)5-2/h11H,4-10H2,1-3H3,(H,13,14). The molecule has 0 aliphatic heterocycles. The molecule has 3 heteroatoms. The zero-order chi connectivity index (χ0) is 11.5. The minimum Gasteiger partial charge on any atom is -0.380 e. The van der Waals surface area contributed by atoms with Gasteiger partial charge in [-0.1, -0.05) is 33.6 Å². The Hall–Kier alpha value is -0.570. The number of rotatable bonds is 9. The predicted molar refractivity (Wildman–Crippen MR) is 62.8 cm³/mol. The van der Waals surface area contributed by atoms with E-state index < -0.39 is 0 Å². The summed E-state index contributed by atoms with van der Waals surface area (Å²) in [5, 5.41) is 2.86. The lowest BCUT2D eigenvalue weighted by molar-refractivity contribution is -0.124. The number of ether oxygens (including phenoxy) is 1. The zero-order valence-corrected chi connectivity index (χ0v) is 10.3. The number of carbonyl (C=O) groups is 1. The van der Waals surface area contributed by atoms with Crippen LogP contribution in [0.4, 0.5) is 0 Å². The molecular weight excluding hydrogens is 190 g/mol. The van der Waals surface area contributed by atoms with Crippen LogP contribution >= 0.6 is 0 Å². The van der Waals surface area contributed by atoms with Crippen LogP contribution in [0.15, 0.2) is 0 Å². The van der Waals surface area contributed by atoms with Gasteiger partial charge in [-0.25, -0.2) is 0 Å². The van der Waals surface area contributed by atoms with Crippen molar-refractivity contribution < 1.29 is 9.53 Å². The van der Waals surface area contributed by atoms with Crippen molar-refractivity contribution in [2.75, 3.05) is 19.8 Å². The van der Waals surface area contributed by atoms with Crippen molar-refractivity contribution in [3.63, 3.8) is 0 Å². The molecule has 0 aromatic carbocycles. The van der Waals surface area contributed by atoms with Gasteiger partial charge in [-0.15, -0.1) is 0 Å². The lowest BCUT2D eigenvalue weighted by atomic mass is 10.1. The van der Waals surface area contributed by atoms with Crippen LogP contribution in [0.25, 0.3) is 0 Å². The number of unbranched alkanes of at least 4 members (excludes halogenated alkanes) is 2. The van der Waals surface area contributed by atoms with Gasteiger partial charge in [0.25, 0.3) is 0 Å². The number of amides is 1. The van der Waals surface area contributed by atoms with Crippen molar-refractivity contribution in [1.29, 1.82) is 0 Å². The van der Waals surface area contributed by atoms with E-state index in [2.05, 4.69) is 12.2 Å². The summed E-state index contributed by atoms with van der Waals surface area (Å²) in [5.74, 6) is 0.250. The van der Waals surface area contributed by atoms with Gasteiger partial charge in [0.1, 0.15) is 0 Å². The minimum atomic E-state index is 0.116. The van der Waals surface area contributed by atoms with E-state index in [1.165, 1.54) is 12.8 Å². The SMILES string of the molecule is CCCCCOCCNC(=O)C(C)CC. The van der Waals surface area contributed by atoms with Crippen LogP contribution in [0.1, 0.15) is 46.5 Å². The summed E-state index contributed by atoms with van der Waals surface area (Å²) in [6.07, 6.45) is 4.45. The largest absolute Gasteiger partial charge is 0.380 e. The number of carbonyl (C=O) groups excluding carboxylic acids is 1. The van der Waals surface area contributed by atoms with Crippen molar-refractivity contribution in [3.8, 4) is 0 Å². The molecule has 0 aromatic heterocycles. The first kappa shape index (κ1) is 14.4. The van der Waals surface area contributed by atoms with E-state index in [0.29, 0.717) is 13.2 Å². The number of nitrogens with one attached hydrogen (secondary N) is 1. The Morgan fingerprint density at radius 2 is 2.00 bits per heavy atom. The summed E-state index contributed by atoms with van der Waals surface area (Å²) in [6.45, 7) is 8.21. The molecule has 0 heterocycles. The summed E-state index contributed by atoms with van der Waals surface area (Å²) in [4.78, 5) is 11.3. The molecule has 90 valence electrons. The van der Waals surface area contributed by atoms with Gasteiger partial charge in [-0.3, -0.25) is 4.79 Å². The predicted octanol–water partition coefficient (Wildman–Crippen LogP) is 2.36. The van der Waals surface area contributed by atoms with Gasteiger partial charge in [-0.2, -0.15) is 0 Å². The normalized spacial score (nSPS) is 12.5. The summed E-state index contributed by atoms with van der Waals surface area (Å²) in [7, 11) is 0. The second-order valence-corrected chi connectivity index (χ2v) is 3.92. The fourth-order valence-corrected chi connectivity index (χ4v) is 1.16. The van der Waals surface area contributed by atoms with Gasteiger partial charge in [0.15, 0.2) is 0 Å². The average molecular weight is 215 g/mol. The molecule has 1 unspecified atom stereocenters. The van der Waals surface area contributed by atoms with Crippen LogP contribution in [-0.4, -0.2) is 25.7 Å². The second kappa shape index (κ2) is 9.97. The highest BCUT2D eigenvalue weighted by atomic mass is 16.5. The molecule has 15 heavy (non-hydrogen) atoms. The molecular formula is C12H25NO2. The van der Waals surface area contributed by atoms with Crippen LogP contribution in [0.3, 0.4) is 0 Å². The fourth-order valence-electron chi connectivity index (χ4n) is 1.16. The third kappa shape index (κ3) is 8.43. The van der Waals surface area contributed by atoms with Gasteiger partial charge in [-0.05, 0) is 12.8 Å². The first-order chi connectivity index (χ1) is 7.22. The van der Waals surface area contributed by atoms with Crippen molar-refractivity contribution in [3.05, 3.63) is 0 Å². The highest BCUT2D eigenvalue weighted by Crippen LogP contribution is 1.99. The summed E-state index contributed by atoms with van der Waals surface area (Å²) >= 11 is 0. The van der Waals surface area contributed by atoms with E-state index in [0.717, 1.165) is 19.4 Å². The maximum Gasteiger partial charge on any atom is 0.222 e. The van der Waals surface area contributed by atoms with Crippen LogP contribution in [0.5, 0.6) is 0 Å². The smallest absolute Gasteiger partial charge is 0.222 e. The van der Waals surface area contributed by atoms with Crippen molar-refractivity contribution in [2.24, 2.45) is 5.92 Å². The van der Waals surface area contributed by atoms with Gasteiger partial charge in [0.05, 0.1) is 6.61 Å². The second-order valence-electron chi connectivity index (χ2n) is 3.92. The molecule has 1 amide bonds. The lowest BCUT2D eigenvalue weighted by Crippen LogP contribution is -2.31. The van der Waals surface area contributed by atoms with Crippen molar-refractivity contribution in [1.82, 2.24) is 5.32 Å². The Balaban J connectivity index is 3.20. The van der Waals surface area contributed by atoms with E-state index in [1.807, 2.05) is 13.8 Å². The fraction of sp³-hybridized carbons (Fsp3) is 0.917. The maximum absolute atomic E-state index is 11.3. The Kier molecular flexibility index (Phi) is 9.59. The van der Waals surface area contributed by atoms with Gasteiger partial charge < -0.3 is 10.1 Å². The van der Waals surface area contributed by atoms with Gasteiger partial charge in [0.2, 0.25) is 5.91 Å². The molecule has 0 bridgehead atoms. The molecule has 1 atom stereocenters. The molecule has 0 spiro atoms. The first-order valence-corrected chi connectivity index (χ1v) is 6.07. The summed E-state index contributed by atoms with van der Waals surface area (Å²) in [5.41, 5.74) is 0. The number of hydrogen-bond acceptors (Lipinski definition) is 2. The highest BCUT2D eigenvalue weighted by molar-refractivity contribution is 5.78. The average Bonchev–Trinajstić information content (AvgIpc) is 2.26. The lowest BCUT2D eigenvalue weighted by Gasteiger charge is -2.09. The molecule has 0 aromatic rings. The van der Waals surface area contributed by atoms with Crippen LogP contribution in [-0.2, 0) is 9.53 Å². The zero-order valence-electron chi connectivity index (χ0n) is 10.3. The first-order valence-electron chi connectivity index (χ1n) is 6.07. The van der Waals surface area contributed by atoms with Crippen molar-refractivity contribution >= 4 is 5.91 Å². The van der Waals surface area contributed by atoms with E-state index in [1.54, 1.807) is 0 Å². The maximum atomic E-state index is 11.3. The van der Waals surface area contributed by atoms with Crippen LogP contribution in [0.2, 0.25) is 0 Å². The van der Waals surface area contributed by atoms with Crippen molar-refractivity contribution in [2.45, 2.75) is 46.5 Å². The third-order valence-electron chi connectivity index (χ3n) is 2.50. The van der Waals surface area contributed by atoms with E-state index in [9.17, 15) is 4.79 Å². The molecule has 0 radical (unpaired) electrons. The molecule has 0 rings (SSSR count).